The predicted octanol–water partition coefficient (Wildman–Crippen LogP) is 3.10. The van der Waals surface area contributed by atoms with Crippen LogP contribution < -0.4 is 10.6 Å². The Hall–Kier alpha value is -0.810. The van der Waals surface area contributed by atoms with Crippen LogP contribution in [-0.2, 0) is 9.53 Å². The maximum absolute atomic E-state index is 12.0. The molecule has 124 valence electrons. The number of benzene rings is 1. The van der Waals surface area contributed by atoms with Crippen LogP contribution in [0, 0.1) is 0 Å². The van der Waals surface area contributed by atoms with E-state index in [1.54, 1.807) is 0 Å². The fourth-order valence-corrected chi connectivity index (χ4v) is 2.74. The summed E-state index contributed by atoms with van der Waals surface area (Å²) >= 11 is 6.00. The van der Waals surface area contributed by atoms with Crippen molar-refractivity contribution in [3.05, 3.63) is 34.9 Å². The zero-order valence-corrected chi connectivity index (χ0v) is 14.4. The quantitative estimate of drug-likeness (QED) is 0.797. The first kappa shape index (κ1) is 19.2. The second kappa shape index (κ2) is 10.1. The molecule has 0 bridgehead atoms. The Labute approximate surface area is 143 Å². The average Bonchev–Trinajstić information content (AvgIpc) is 2.98. The molecule has 1 saturated heterocycles. The molecule has 0 saturated carbocycles. The van der Waals surface area contributed by atoms with E-state index in [1.807, 2.05) is 31.2 Å². The molecule has 1 fully saturated rings. The zero-order valence-electron chi connectivity index (χ0n) is 12.8. The van der Waals surface area contributed by atoms with Gasteiger partial charge in [-0.15, -0.1) is 12.4 Å². The minimum absolute atomic E-state index is 0. The Morgan fingerprint density at radius 2 is 2.32 bits per heavy atom. The van der Waals surface area contributed by atoms with E-state index in [1.165, 1.54) is 0 Å². The highest BCUT2D eigenvalue weighted by Gasteiger charge is 2.16. The zero-order chi connectivity index (χ0) is 15.1. The summed E-state index contributed by atoms with van der Waals surface area (Å²) < 4.78 is 5.51. The smallest absolute Gasteiger partial charge is 0.234 e. The van der Waals surface area contributed by atoms with Crippen molar-refractivity contribution in [3.63, 3.8) is 0 Å². The number of ether oxygens (including phenoxy) is 1. The van der Waals surface area contributed by atoms with Crippen molar-refractivity contribution in [2.24, 2.45) is 0 Å². The molecular formula is C16H24Cl2N2O2. The maximum atomic E-state index is 12.0. The van der Waals surface area contributed by atoms with Crippen molar-refractivity contribution in [1.82, 2.24) is 10.6 Å². The van der Waals surface area contributed by atoms with E-state index in [-0.39, 0.29) is 30.5 Å². The van der Waals surface area contributed by atoms with Gasteiger partial charge in [-0.1, -0.05) is 30.7 Å². The van der Waals surface area contributed by atoms with Crippen LogP contribution in [0.5, 0.6) is 0 Å². The molecule has 2 unspecified atom stereocenters. The van der Waals surface area contributed by atoms with Crippen LogP contribution >= 0.6 is 24.0 Å². The summed E-state index contributed by atoms with van der Waals surface area (Å²) in [6, 6.07) is 7.63. The number of hydrogen-bond donors (Lipinski definition) is 2. The molecule has 1 aliphatic rings. The van der Waals surface area contributed by atoms with Crippen molar-refractivity contribution in [3.8, 4) is 0 Å². The third-order valence-corrected chi connectivity index (χ3v) is 3.91. The SMILES string of the molecule is CCC(NC(=O)CNCC1CCCO1)c1cccc(Cl)c1.Cl. The number of rotatable bonds is 7. The second-order valence-electron chi connectivity index (χ2n) is 5.35. The molecule has 1 heterocycles. The van der Waals surface area contributed by atoms with Crippen LogP contribution in [0.1, 0.15) is 37.8 Å². The lowest BCUT2D eigenvalue weighted by Crippen LogP contribution is -2.38. The molecule has 0 aromatic heterocycles. The van der Waals surface area contributed by atoms with Crippen molar-refractivity contribution in [1.29, 1.82) is 0 Å². The number of halogens is 2. The Kier molecular flexibility index (Phi) is 8.79. The van der Waals surface area contributed by atoms with Gasteiger partial charge in [0, 0.05) is 18.2 Å². The Bertz CT molecular complexity index is 465. The van der Waals surface area contributed by atoms with Crippen LogP contribution in [-0.4, -0.2) is 31.7 Å². The van der Waals surface area contributed by atoms with Crippen molar-refractivity contribution in [2.75, 3.05) is 19.7 Å². The average molecular weight is 347 g/mol. The first-order valence-corrected chi connectivity index (χ1v) is 7.94. The van der Waals surface area contributed by atoms with Gasteiger partial charge >= 0.3 is 0 Å². The van der Waals surface area contributed by atoms with Crippen LogP contribution in [0.25, 0.3) is 0 Å². The van der Waals surface area contributed by atoms with Gasteiger partial charge in [0.1, 0.15) is 0 Å². The van der Waals surface area contributed by atoms with Crippen LogP contribution in [0.4, 0.5) is 0 Å². The Morgan fingerprint density at radius 3 is 2.95 bits per heavy atom. The first-order chi connectivity index (χ1) is 10.2. The summed E-state index contributed by atoms with van der Waals surface area (Å²) in [5.74, 6) is -0.000164. The number of carbonyl (C=O) groups excluding carboxylic acids is 1. The summed E-state index contributed by atoms with van der Waals surface area (Å²) in [6.45, 7) is 3.94. The summed E-state index contributed by atoms with van der Waals surface area (Å²) in [5, 5.41) is 6.88. The third kappa shape index (κ3) is 6.13. The molecule has 1 amide bonds. The minimum atomic E-state index is -0.000164. The number of carbonyl (C=O) groups is 1. The van der Waals surface area contributed by atoms with E-state index in [0.29, 0.717) is 11.6 Å². The maximum Gasteiger partial charge on any atom is 0.234 e. The highest BCUT2D eigenvalue weighted by atomic mass is 35.5. The van der Waals surface area contributed by atoms with Crippen molar-refractivity contribution >= 4 is 29.9 Å². The fourth-order valence-electron chi connectivity index (χ4n) is 2.54. The molecular weight excluding hydrogens is 323 g/mol. The summed E-state index contributed by atoms with van der Waals surface area (Å²) in [6.07, 6.45) is 3.28. The summed E-state index contributed by atoms with van der Waals surface area (Å²) in [5.41, 5.74) is 1.04. The van der Waals surface area contributed by atoms with Gasteiger partial charge < -0.3 is 15.4 Å². The Balaban J connectivity index is 0.00000242. The number of amides is 1. The molecule has 2 rings (SSSR count). The van der Waals surface area contributed by atoms with Crippen LogP contribution in [0.3, 0.4) is 0 Å². The van der Waals surface area contributed by atoms with Gasteiger partial charge in [-0.2, -0.15) is 0 Å². The van der Waals surface area contributed by atoms with E-state index < -0.39 is 0 Å². The molecule has 1 aromatic rings. The molecule has 4 nitrogen and oxygen atoms in total. The molecule has 2 atom stereocenters. The van der Waals surface area contributed by atoms with E-state index >= 15 is 0 Å². The molecule has 1 aliphatic heterocycles. The van der Waals surface area contributed by atoms with Gasteiger partial charge in [0.2, 0.25) is 5.91 Å². The van der Waals surface area contributed by atoms with Gasteiger partial charge in [-0.05, 0) is 37.0 Å². The normalized spacial score (nSPS) is 18.5. The minimum Gasteiger partial charge on any atom is -0.377 e. The molecule has 0 radical (unpaired) electrons. The summed E-state index contributed by atoms with van der Waals surface area (Å²) in [4.78, 5) is 12.0. The number of nitrogens with one attached hydrogen (secondary N) is 2. The highest BCUT2D eigenvalue weighted by Crippen LogP contribution is 2.20. The lowest BCUT2D eigenvalue weighted by molar-refractivity contribution is -0.121. The third-order valence-electron chi connectivity index (χ3n) is 3.68. The standard InChI is InChI=1S/C16H23ClN2O2.ClH/c1-2-15(12-5-3-6-13(17)9-12)19-16(20)11-18-10-14-7-4-8-21-14;/h3,5-6,9,14-15,18H,2,4,7-8,10-11H2,1H3,(H,19,20);1H. The van der Waals surface area contributed by atoms with Gasteiger partial charge in [0.25, 0.3) is 0 Å². The lowest BCUT2D eigenvalue weighted by Gasteiger charge is -2.18. The van der Waals surface area contributed by atoms with Crippen molar-refractivity contribution in [2.45, 2.75) is 38.3 Å². The molecule has 2 N–H and O–H groups in total. The monoisotopic (exact) mass is 346 g/mol. The second-order valence-corrected chi connectivity index (χ2v) is 5.79. The summed E-state index contributed by atoms with van der Waals surface area (Å²) in [7, 11) is 0. The molecule has 6 heteroatoms. The van der Waals surface area contributed by atoms with Gasteiger partial charge in [0.05, 0.1) is 18.7 Å². The van der Waals surface area contributed by atoms with E-state index in [9.17, 15) is 4.79 Å². The van der Waals surface area contributed by atoms with Gasteiger partial charge in [-0.3, -0.25) is 4.79 Å². The molecule has 0 aliphatic carbocycles. The topological polar surface area (TPSA) is 50.4 Å². The van der Waals surface area contributed by atoms with Crippen LogP contribution in [0.15, 0.2) is 24.3 Å². The van der Waals surface area contributed by atoms with Gasteiger partial charge in [0.15, 0.2) is 0 Å². The van der Waals surface area contributed by atoms with Crippen molar-refractivity contribution < 1.29 is 9.53 Å². The molecule has 0 spiro atoms. The Morgan fingerprint density at radius 1 is 1.50 bits per heavy atom. The van der Waals surface area contributed by atoms with Crippen LogP contribution in [0.2, 0.25) is 5.02 Å². The first-order valence-electron chi connectivity index (χ1n) is 7.56. The largest absolute Gasteiger partial charge is 0.377 e. The molecule has 1 aromatic carbocycles. The van der Waals surface area contributed by atoms with Gasteiger partial charge in [-0.25, -0.2) is 0 Å². The lowest BCUT2D eigenvalue weighted by atomic mass is 10.0. The molecule has 22 heavy (non-hydrogen) atoms. The van der Waals surface area contributed by atoms with E-state index in [0.717, 1.165) is 38.0 Å². The van der Waals surface area contributed by atoms with E-state index in [2.05, 4.69) is 10.6 Å². The fraction of sp³-hybridized carbons (Fsp3) is 0.562. The number of hydrogen-bond acceptors (Lipinski definition) is 3. The van der Waals surface area contributed by atoms with E-state index in [4.69, 9.17) is 16.3 Å². The predicted molar refractivity (Wildman–Crippen MR) is 91.7 cm³/mol. The highest BCUT2D eigenvalue weighted by molar-refractivity contribution is 6.30.